The zero-order valence-corrected chi connectivity index (χ0v) is 14.8. The van der Waals surface area contributed by atoms with Gasteiger partial charge in [0.05, 0.1) is 5.02 Å². The Morgan fingerprint density at radius 2 is 1.78 bits per heavy atom. The smallest absolute Gasteiger partial charge is 0.210 e. The topological polar surface area (TPSA) is 56.7 Å². The monoisotopic (exact) mass is 384 g/mol. The van der Waals surface area contributed by atoms with E-state index < -0.39 is 0 Å². The fourth-order valence-corrected chi connectivity index (χ4v) is 3.62. The molecule has 0 amide bonds. The van der Waals surface area contributed by atoms with Crippen molar-refractivity contribution in [3.05, 3.63) is 63.1 Å². The SMILES string of the molecule is Nn1c(SCc2ccccc2Cl)nnc1-c1ccc(Cl)cc1Cl. The Bertz CT molecular complexity index is 850. The number of nitrogen functional groups attached to an aromatic ring is 1. The van der Waals surface area contributed by atoms with Crippen molar-refractivity contribution < 1.29 is 0 Å². The van der Waals surface area contributed by atoms with Crippen LogP contribution in [0.25, 0.3) is 11.4 Å². The zero-order chi connectivity index (χ0) is 16.4. The molecule has 2 aromatic carbocycles. The maximum atomic E-state index is 6.19. The molecule has 3 rings (SSSR count). The number of hydrogen-bond acceptors (Lipinski definition) is 4. The first-order valence-electron chi connectivity index (χ1n) is 6.58. The summed E-state index contributed by atoms with van der Waals surface area (Å²) < 4.78 is 1.41. The highest BCUT2D eigenvalue weighted by molar-refractivity contribution is 7.98. The largest absolute Gasteiger partial charge is 0.335 e. The van der Waals surface area contributed by atoms with E-state index in [-0.39, 0.29) is 0 Å². The van der Waals surface area contributed by atoms with Gasteiger partial charge in [-0.3, -0.25) is 0 Å². The number of aromatic nitrogens is 3. The molecule has 0 unspecified atom stereocenters. The van der Waals surface area contributed by atoms with E-state index in [1.165, 1.54) is 16.4 Å². The Morgan fingerprint density at radius 3 is 2.52 bits per heavy atom. The van der Waals surface area contributed by atoms with Crippen LogP contribution in [0.4, 0.5) is 0 Å². The average molecular weight is 386 g/mol. The summed E-state index contributed by atoms with van der Waals surface area (Å²) in [5.74, 6) is 7.21. The van der Waals surface area contributed by atoms with Gasteiger partial charge in [0.15, 0.2) is 5.82 Å². The lowest BCUT2D eigenvalue weighted by molar-refractivity contribution is 0.849. The quantitative estimate of drug-likeness (QED) is 0.512. The lowest BCUT2D eigenvalue weighted by atomic mass is 10.2. The van der Waals surface area contributed by atoms with Gasteiger partial charge < -0.3 is 5.84 Å². The molecule has 2 N–H and O–H groups in total. The van der Waals surface area contributed by atoms with Crippen LogP contribution >= 0.6 is 46.6 Å². The van der Waals surface area contributed by atoms with Gasteiger partial charge in [-0.05, 0) is 29.8 Å². The first-order chi connectivity index (χ1) is 11.1. The molecule has 0 spiro atoms. The highest BCUT2D eigenvalue weighted by Crippen LogP contribution is 2.31. The lowest BCUT2D eigenvalue weighted by Gasteiger charge is -2.06. The van der Waals surface area contributed by atoms with Crippen LogP contribution in [0.3, 0.4) is 0 Å². The molecule has 118 valence electrons. The predicted molar refractivity (Wildman–Crippen MR) is 96.6 cm³/mol. The summed E-state index contributed by atoms with van der Waals surface area (Å²) in [6.07, 6.45) is 0. The molecule has 23 heavy (non-hydrogen) atoms. The van der Waals surface area contributed by atoms with E-state index in [0.29, 0.717) is 37.4 Å². The molecular weight excluding hydrogens is 375 g/mol. The van der Waals surface area contributed by atoms with Crippen molar-refractivity contribution in [1.29, 1.82) is 0 Å². The van der Waals surface area contributed by atoms with Crippen LogP contribution in [-0.4, -0.2) is 14.9 Å². The minimum absolute atomic E-state index is 0.472. The number of hydrogen-bond donors (Lipinski definition) is 1. The molecule has 0 fully saturated rings. The number of benzene rings is 2. The summed E-state index contributed by atoms with van der Waals surface area (Å²) >= 11 is 19.7. The highest BCUT2D eigenvalue weighted by Gasteiger charge is 2.15. The maximum Gasteiger partial charge on any atom is 0.210 e. The Morgan fingerprint density at radius 1 is 1.00 bits per heavy atom. The van der Waals surface area contributed by atoms with Gasteiger partial charge in [-0.15, -0.1) is 10.2 Å². The first-order valence-corrected chi connectivity index (χ1v) is 8.70. The molecule has 0 aliphatic carbocycles. The molecule has 1 aromatic heterocycles. The van der Waals surface area contributed by atoms with Gasteiger partial charge in [-0.25, -0.2) is 4.68 Å². The van der Waals surface area contributed by atoms with Crippen LogP contribution in [-0.2, 0) is 5.75 Å². The van der Waals surface area contributed by atoms with Gasteiger partial charge >= 0.3 is 0 Å². The summed E-state index contributed by atoms with van der Waals surface area (Å²) in [4.78, 5) is 0. The average Bonchev–Trinajstić information content (AvgIpc) is 2.88. The molecule has 0 saturated heterocycles. The van der Waals surface area contributed by atoms with Crippen LogP contribution in [0.2, 0.25) is 15.1 Å². The van der Waals surface area contributed by atoms with E-state index >= 15 is 0 Å². The Labute approximate surface area is 152 Å². The van der Waals surface area contributed by atoms with E-state index in [0.717, 1.165) is 5.56 Å². The molecule has 4 nitrogen and oxygen atoms in total. The number of halogens is 3. The Kier molecular flexibility index (Phi) is 5.02. The Hall–Kier alpha value is -1.40. The molecule has 8 heteroatoms. The van der Waals surface area contributed by atoms with E-state index in [9.17, 15) is 0 Å². The summed E-state index contributed by atoms with van der Waals surface area (Å²) in [5, 5.41) is 10.5. The third-order valence-electron chi connectivity index (χ3n) is 3.15. The molecule has 0 radical (unpaired) electrons. The number of nitrogens with two attached hydrogens (primary N) is 1. The van der Waals surface area contributed by atoms with Crippen LogP contribution in [0.5, 0.6) is 0 Å². The minimum Gasteiger partial charge on any atom is -0.335 e. The molecule has 0 saturated carbocycles. The molecule has 0 bridgehead atoms. The second kappa shape index (κ2) is 7.01. The van der Waals surface area contributed by atoms with Crippen molar-refractivity contribution in [2.75, 3.05) is 5.84 Å². The van der Waals surface area contributed by atoms with Crippen molar-refractivity contribution in [3.63, 3.8) is 0 Å². The van der Waals surface area contributed by atoms with Crippen LogP contribution in [0.1, 0.15) is 5.56 Å². The summed E-state index contributed by atoms with van der Waals surface area (Å²) in [6, 6.07) is 12.8. The standard InChI is InChI=1S/C15H11Cl3N4S/c16-10-5-6-11(13(18)7-10)14-20-21-15(22(14)19)23-8-9-3-1-2-4-12(9)17/h1-7H,8,19H2. The molecule has 0 aliphatic heterocycles. The fourth-order valence-electron chi connectivity index (χ4n) is 1.99. The molecular formula is C15H11Cl3N4S. The predicted octanol–water partition coefficient (Wildman–Crippen LogP) is 4.91. The minimum atomic E-state index is 0.472. The lowest BCUT2D eigenvalue weighted by Crippen LogP contribution is -2.11. The van der Waals surface area contributed by atoms with E-state index in [1.54, 1.807) is 18.2 Å². The van der Waals surface area contributed by atoms with Crippen molar-refractivity contribution >= 4 is 46.6 Å². The summed E-state index contributed by atoms with van der Waals surface area (Å²) in [6.45, 7) is 0. The first kappa shape index (κ1) is 16.5. The van der Waals surface area contributed by atoms with E-state index in [4.69, 9.17) is 40.6 Å². The van der Waals surface area contributed by atoms with Gasteiger partial charge in [-0.2, -0.15) is 0 Å². The summed E-state index contributed by atoms with van der Waals surface area (Å²) in [5.41, 5.74) is 1.68. The van der Waals surface area contributed by atoms with Crippen molar-refractivity contribution in [2.45, 2.75) is 10.9 Å². The van der Waals surface area contributed by atoms with Crippen LogP contribution in [0.15, 0.2) is 47.6 Å². The van der Waals surface area contributed by atoms with Gasteiger partial charge in [0.2, 0.25) is 5.16 Å². The fraction of sp³-hybridized carbons (Fsp3) is 0.0667. The van der Waals surface area contributed by atoms with Crippen LogP contribution < -0.4 is 5.84 Å². The third kappa shape index (κ3) is 3.58. The maximum absolute atomic E-state index is 6.19. The van der Waals surface area contributed by atoms with Gasteiger partial charge in [-0.1, -0.05) is 64.8 Å². The molecule has 0 atom stereocenters. The third-order valence-corrected chi connectivity index (χ3v) is 5.06. The second-order valence-electron chi connectivity index (χ2n) is 4.68. The van der Waals surface area contributed by atoms with Gasteiger partial charge in [0.25, 0.3) is 0 Å². The zero-order valence-electron chi connectivity index (χ0n) is 11.7. The molecule has 0 aliphatic rings. The number of rotatable bonds is 4. The number of thioether (sulfide) groups is 1. The second-order valence-corrected chi connectivity index (χ2v) is 6.87. The van der Waals surface area contributed by atoms with Crippen LogP contribution in [0, 0.1) is 0 Å². The van der Waals surface area contributed by atoms with Gasteiger partial charge in [0.1, 0.15) is 0 Å². The van der Waals surface area contributed by atoms with Gasteiger partial charge in [0, 0.05) is 21.4 Å². The number of nitrogens with zero attached hydrogens (tertiary/aromatic N) is 3. The highest BCUT2D eigenvalue weighted by atomic mass is 35.5. The summed E-state index contributed by atoms with van der Waals surface area (Å²) in [7, 11) is 0. The Balaban J connectivity index is 1.83. The molecule has 3 aromatic rings. The van der Waals surface area contributed by atoms with Crippen molar-refractivity contribution in [2.24, 2.45) is 0 Å². The van der Waals surface area contributed by atoms with E-state index in [1.807, 2.05) is 24.3 Å². The normalized spacial score (nSPS) is 10.9. The van der Waals surface area contributed by atoms with E-state index in [2.05, 4.69) is 10.2 Å². The van der Waals surface area contributed by atoms with Crippen molar-refractivity contribution in [3.8, 4) is 11.4 Å². The van der Waals surface area contributed by atoms with Crippen molar-refractivity contribution in [1.82, 2.24) is 14.9 Å². The molecule has 1 heterocycles.